The summed E-state index contributed by atoms with van der Waals surface area (Å²) >= 11 is 6.03. The standard InChI is InChI=1S/C16H15ClFN3O4/c1-19-15-12(21(23)24)5-4-10(17)14(15)16(22)20-8-9-3-6-13(25-2)11(18)7-9/h3-7,19H,8H2,1-2H3,(H,20,22). The Bertz CT molecular complexity index is 829. The molecular weight excluding hydrogens is 353 g/mol. The summed E-state index contributed by atoms with van der Waals surface area (Å²) in [6, 6.07) is 6.76. The summed E-state index contributed by atoms with van der Waals surface area (Å²) in [6.07, 6.45) is 0. The van der Waals surface area contributed by atoms with Gasteiger partial charge in [0.1, 0.15) is 5.69 Å². The van der Waals surface area contributed by atoms with Gasteiger partial charge < -0.3 is 15.4 Å². The maximum Gasteiger partial charge on any atom is 0.293 e. The van der Waals surface area contributed by atoms with Crippen molar-refractivity contribution in [2.75, 3.05) is 19.5 Å². The maximum absolute atomic E-state index is 13.7. The molecule has 0 aliphatic carbocycles. The fourth-order valence-corrected chi connectivity index (χ4v) is 2.53. The second-order valence-electron chi connectivity index (χ2n) is 4.98. The van der Waals surface area contributed by atoms with Gasteiger partial charge in [0, 0.05) is 19.7 Å². The third kappa shape index (κ3) is 3.97. The fourth-order valence-electron chi connectivity index (χ4n) is 2.28. The Balaban J connectivity index is 2.25. The van der Waals surface area contributed by atoms with Gasteiger partial charge in [0.25, 0.3) is 11.6 Å². The Morgan fingerprint density at radius 3 is 2.64 bits per heavy atom. The topological polar surface area (TPSA) is 93.5 Å². The summed E-state index contributed by atoms with van der Waals surface area (Å²) in [5, 5.41) is 16.3. The first kappa shape index (κ1) is 18.5. The Morgan fingerprint density at radius 1 is 1.36 bits per heavy atom. The number of nitrogens with zero attached hydrogens (tertiary/aromatic N) is 1. The van der Waals surface area contributed by atoms with Gasteiger partial charge in [-0.25, -0.2) is 4.39 Å². The van der Waals surface area contributed by atoms with Gasteiger partial charge in [0.05, 0.1) is 22.6 Å². The molecule has 9 heteroatoms. The second kappa shape index (κ2) is 7.80. The zero-order valence-corrected chi connectivity index (χ0v) is 14.2. The van der Waals surface area contributed by atoms with E-state index in [0.29, 0.717) is 5.56 Å². The zero-order chi connectivity index (χ0) is 18.6. The van der Waals surface area contributed by atoms with Crippen LogP contribution in [-0.2, 0) is 6.54 Å². The SMILES string of the molecule is CNc1c([N+](=O)[O-])ccc(Cl)c1C(=O)NCc1ccc(OC)c(F)c1. The molecule has 0 fully saturated rings. The van der Waals surface area contributed by atoms with Crippen molar-refractivity contribution >= 4 is 28.9 Å². The van der Waals surface area contributed by atoms with E-state index in [-0.39, 0.29) is 34.3 Å². The zero-order valence-electron chi connectivity index (χ0n) is 13.4. The number of carbonyl (C=O) groups excluding carboxylic acids is 1. The average Bonchev–Trinajstić information content (AvgIpc) is 2.59. The molecule has 2 N–H and O–H groups in total. The lowest BCUT2D eigenvalue weighted by molar-refractivity contribution is -0.384. The first-order valence-electron chi connectivity index (χ1n) is 7.14. The van der Waals surface area contributed by atoms with Crippen molar-refractivity contribution in [3.05, 3.63) is 62.4 Å². The Labute approximate surface area is 147 Å². The number of nitrogens with one attached hydrogen (secondary N) is 2. The summed E-state index contributed by atoms with van der Waals surface area (Å²) < 4.78 is 18.5. The number of nitro benzene ring substituents is 1. The molecule has 2 aromatic rings. The summed E-state index contributed by atoms with van der Waals surface area (Å²) in [4.78, 5) is 22.9. The van der Waals surface area contributed by atoms with Crippen molar-refractivity contribution in [1.29, 1.82) is 0 Å². The van der Waals surface area contributed by atoms with Crippen LogP contribution in [0, 0.1) is 15.9 Å². The van der Waals surface area contributed by atoms with Crippen LogP contribution >= 0.6 is 11.6 Å². The van der Waals surface area contributed by atoms with Gasteiger partial charge >= 0.3 is 0 Å². The molecule has 25 heavy (non-hydrogen) atoms. The number of hydrogen-bond donors (Lipinski definition) is 2. The van der Waals surface area contributed by atoms with Crippen molar-refractivity contribution in [3.63, 3.8) is 0 Å². The highest BCUT2D eigenvalue weighted by atomic mass is 35.5. The first-order chi connectivity index (χ1) is 11.9. The van der Waals surface area contributed by atoms with E-state index in [2.05, 4.69) is 10.6 Å². The highest BCUT2D eigenvalue weighted by Crippen LogP contribution is 2.33. The van der Waals surface area contributed by atoms with Crippen LogP contribution in [0.3, 0.4) is 0 Å². The lowest BCUT2D eigenvalue weighted by atomic mass is 10.1. The van der Waals surface area contributed by atoms with E-state index in [1.165, 1.54) is 38.4 Å². The van der Waals surface area contributed by atoms with Crippen LogP contribution in [0.4, 0.5) is 15.8 Å². The van der Waals surface area contributed by atoms with E-state index < -0.39 is 16.6 Å². The van der Waals surface area contributed by atoms with E-state index in [9.17, 15) is 19.3 Å². The molecule has 7 nitrogen and oxygen atoms in total. The minimum atomic E-state index is -0.616. The van der Waals surface area contributed by atoms with Gasteiger partial charge in [0.15, 0.2) is 11.6 Å². The molecule has 0 atom stereocenters. The average molecular weight is 368 g/mol. The van der Waals surface area contributed by atoms with Gasteiger partial charge in [-0.1, -0.05) is 17.7 Å². The molecule has 0 aliphatic heterocycles. The predicted octanol–water partition coefficient (Wildman–Crippen LogP) is 3.37. The number of methoxy groups -OCH3 is 1. The molecule has 132 valence electrons. The van der Waals surface area contributed by atoms with Gasteiger partial charge in [-0.2, -0.15) is 0 Å². The molecule has 2 rings (SSSR count). The fraction of sp³-hybridized carbons (Fsp3) is 0.188. The monoisotopic (exact) mass is 367 g/mol. The van der Waals surface area contributed by atoms with E-state index in [1.807, 2.05) is 0 Å². The van der Waals surface area contributed by atoms with E-state index in [1.54, 1.807) is 6.07 Å². The number of amides is 1. The largest absolute Gasteiger partial charge is 0.494 e. The van der Waals surface area contributed by atoms with Gasteiger partial charge in [-0.3, -0.25) is 14.9 Å². The molecule has 0 aromatic heterocycles. The van der Waals surface area contributed by atoms with E-state index in [0.717, 1.165) is 0 Å². The molecular formula is C16H15ClFN3O4. The molecule has 0 unspecified atom stereocenters. The van der Waals surface area contributed by atoms with Crippen LogP contribution in [0.15, 0.2) is 30.3 Å². The van der Waals surface area contributed by atoms with E-state index in [4.69, 9.17) is 16.3 Å². The van der Waals surface area contributed by atoms with E-state index >= 15 is 0 Å². The Morgan fingerprint density at radius 2 is 2.08 bits per heavy atom. The number of benzene rings is 2. The van der Waals surface area contributed by atoms with Crippen molar-refractivity contribution in [1.82, 2.24) is 5.32 Å². The Kier molecular flexibility index (Phi) is 5.76. The molecule has 0 saturated carbocycles. The predicted molar refractivity (Wildman–Crippen MR) is 91.8 cm³/mol. The van der Waals surface area contributed by atoms with Gasteiger partial charge in [-0.15, -0.1) is 0 Å². The second-order valence-corrected chi connectivity index (χ2v) is 5.38. The number of anilines is 1. The maximum atomic E-state index is 13.7. The summed E-state index contributed by atoms with van der Waals surface area (Å²) in [5.41, 5.74) is 0.190. The summed E-state index contributed by atoms with van der Waals surface area (Å²) in [7, 11) is 2.80. The van der Waals surface area contributed by atoms with Crippen molar-refractivity contribution in [3.8, 4) is 5.75 Å². The molecule has 0 radical (unpaired) electrons. The van der Waals surface area contributed by atoms with Crippen molar-refractivity contribution in [2.45, 2.75) is 6.54 Å². The molecule has 2 aromatic carbocycles. The van der Waals surface area contributed by atoms with Crippen LogP contribution in [0.25, 0.3) is 0 Å². The molecule has 1 amide bonds. The smallest absolute Gasteiger partial charge is 0.293 e. The molecule has 0 aliphatic rings. The van der Waals surface area contributed by atoms with Crippen LogP contribution in [0.2, 0.25) is 5.02 Å². The normalized spacial score (nSPS) is 10.2. The molecule has 0 heterocycles. The summed E-state index contributed by atoms with van der Waals surface area (Å²) in [6.45, 7) is 0.0158. The molecule has 0 spiro atoms. The highest BCUT2D eigenvalue weighted by molar-refractivity contribution is 6.35. The number of halogens is 2. The number of rotatable bonds is 6. The number of carbonyl (C=O) groups is 1. The van der Waals surface area contributed by atoms with Crippen LogP contribution in [0.5, 0.6) is 5.75 Å². The lowest BCUT2D eigenvalue weighted by Crippen LogP contribution is -2.24. The highest BCUT2D eigenvalue weighted by Gasteiger charge is 2.24. The third-order valence-corrected chi connectivity index (χ3v) is 3.79. The third-order valence-electron chi connectivity index (χ3n) is 3.48. The summed E-state index contributed by atoms with van der Waals surface area (Å²) in [5.74, 6) is -1.08. The number of hydrogen-bond acceptors (Lipinski definition) is 5. The van der Waals surface area contributed by atoms with Crippen molar-refractivity contribution in [2.24, 2.45) is 0 Å². The minimum absolute atomic E-state index is 0.0101. The van der Waals surface area contributed by atoms with Crippen LogP contribution in [0.1, 0.15) is 15.9 Å². The van der Waals surface area contributed by atoms with Gasteiger partial charge in [0.2, 0.25) is 0 Å². The number of ether oxygens (including phenoxy) is 1. The quantitative estimate of drug-likeness (QED) is 0.603. The minimum Gasteiger partial charge on any atom is -0.494 e. The Hall–Kier alpha value is -2.87. The van der Waals surface area contributed by atoms with Crippen LogP contribution in [-0.4, -0.2) is 25.0 Å². The van der Waals surface area contributed by atoms with Crippen molar-refractivity contribution < 1.29 is 18.8 Å². The molecule has 0 saturated heterocycles. The number of nitro groups is 1. The molecule has 0 bridgehead atoms. The lowest BCUT2D eigenvalue weighted by Gasteiger charge is -2.12. The van der Waals surface area contributed by atoms with Crippen LogP contribution < -0.4 is 15.4 Å². The first-order valence-corrected chi connectivity index (χ1v) is 7.52. The van der Waals surface area contributed by atoms with Gasteiger partial charge in [-0.05, 0) is 23.8 Å².